The van der Waals surface area contributed by atoms with Gasteiger partial charge in [0.25, 0.3) is 5.89 Å². The summed E-state index contributed by atoms with van der Waals surface area (Å²) in [6.07, 6.45) is 3.54. The van der Waals surface area contributed by atoms with Crippen LogP contribution in [-0.4, -0.2) is 19.7 Å². The van der Waals surface area contributed by atoms with Gasteiger partial charge in [0.05, 0.1) is 11.0 Å². The molecule has 0 fully saturated rings. The van der Waals surface area contributed by atoms with Crippen molar-refractivity contribution in [2.24, 2.45) is 0 Å². The number of fused-ring (bicyclic) bond motifs is 1. The zero-order chi connectivity index (χ0) is 19.0. The van der Waals surface area contributed by atoms with Crippen molar-refractivity contribution in [3.63, 3.8) is 0 Å². The van der Waals surface area contributed by atoms with Gasteiger partial charge in [-0.3, -0.25) is 4.57 Å². The van der Waals surface area contributed by atoms with E-state index in [4.69, 9.17) is 16.1 Å². The minimum Gasteiger partial charge on any atom is -0.334 e. The molecule has 2 heterocycles. The van der Waals surface area contributed by atoms with E-state index in [1.807, 2.05) is 62.4 Å². The second-order valence-electron chi connectivity index (χ2n) is 6.44. The smallest absolute Gasteiger partial charge is 0.326 e. The molecule has 7 heteroatoms. The lowest BCUT2D eigenvalue weighted by Gasteiger charge is -2.06. The van der Waals surface area contributed by atoms with Crippen molar-refractivity contribution in [1.29, 1.82) is 0 Å². The summed E-state index contributed by atoms with van der Waals surface area (Å²) in [6.45, 7) is 3.94. The molecule has 0 unspecified atom stereocenters. The SMILES string of the molecule is CC(C)n1c(=O)[nH]c2cc(-c3noc(C=Cc4ccccc4Cl)n3)ccc21. The monoisotopic (exact) mass is 380 g/mol. The van der Waals surface area contributed by atoms with Crippen LogP contribution in [0.3, 0.4) is 0 Å². The maximum atomic E-state index is 12.1. The first-order chi connectivity index (χ1) is 13.0. The highest BCUT2D eigenvalue weighted by Gasteiger charge is 2.13. The highest BCUT2D eigenvalue weighted by Crippen LogP contribution is 2.23. The Hall–Kier alpha value is -3.12. The van der Waals surface area contributed by atoms with Crippen LogP contribution < -0.4 is 5.69 Å². The molecule has 1 N–H and O–H groups in total. The van der Waals surface area contributed by atoms with E-state index >= 15 is 0 Å². The molecule has 0 spiro atoms. The summed E-state index contributed by atoms with van der Waals surface area (Å²) < 4.78 is 7.01. The van der Waals surface area contributed by atoms with E-state index in [0.717, 1.165) is 22.2 Å². The summed E-state index contributed by atoms with van der Waals surface area (Å²) in [5, 5.41) is 4.67. The van der Waals surface area contributed by atoms with Crippen LogP contribution in [0.2, 0.25) is 5.02 Å². The minimum atomic E-state index is -0.131. The Kier molecular flexibility index (Phi) is 4.41. The molecule has 2 aromatic carbocycles. The number of nitrogens with one attached hydrogen (secondary N) is 1. The molecule has 4 rings (SSSR count). The first-order valence-electron chi connectivity index (χ1n) is 8.54. The summed E-state index contributed by atoms with van der Waals surface area (Å²) in [4.78, 5) is 19.4. The fraction of sp³-hybridized carbons (Fsp3) is 0.150. The van der Waals surface area contributed by atoms with E-state index < -0.39 is 0 Å². The zero-order valence-electron chi connectivity index (χ0n) is 14.8. The van der Waals surface area contributed by atoms with Crippen molar-refractivity contribution in [2.75, 3.05) is 0 Å². The van der Waals surface area contributed by atoms with Gasteiger partial charge in [-0.05, 0) is 49.8 Å². The van der Waals surface area contributed by atoms with Gasteiger partial charge < -0.3 is 9.51 Å². The predicted molar refractivity (Wildman–Crippen MR) is 107 cm³/mol. The number of hydrogen-bond acceptors (Lipinski definition) is 4. The van der Waals surface area contributed by atoms with E-state index in [0.29, 0.717) is 16.7 Å². The molecule has 0 aliphatic heterocycles. The standard InChI is InChI=1S/C20H17ClN4O2/c1-12(2)25-17-9-7-14(11-16(17)22-20(25)26)19-23-18(27-24-19)10-8-13-5-3-4-6-15(13)21/h3-12H,1-2H3,(H,22,26). The van der Waals surface area contributed by atoms with Crippen LogP contribution in [0.5, 0.6) is 0 Å². The summed E-state index contributed by atoms with van der Waals surface area (Å²) in [5.74, 6) is 0.826. The zero-order valence-corrected chi connectivity index (χ0v) is 15.6. The predicted octanol–water partition coefficient (Wildman–Crippen LogP) is 4.78. The van der Waals surface area contributed by atoms with Crippen LogP contribution in [0.25, 0.3) is 34.6 Å². The molecule has 4 aromatic rings. The largest absolute Gasteiger partial charge is 0.334 e. The van der Waals surface area contributed by atoms with Crippen molar-refractivity contribution >= 4 is 34.8 Å². The average molecular weight is 381 g/mol. The van der Waals surface area contributed by atoms with Crippen molar-refractivity contribution in [3.8, 4) is 11.4 Å². The summed E-state index contributed by atoms with van der Waals surface area (Å²) in [5.41, 5.74) is 3.09. The fourth-order valence-electron chi connectivity index (χ4n) is 2.97. The van der Waals surface area contributed by atoms with Crippen LogP contribution >= 0.6 is 11.6 Å². The number of imidazole rings is 1. The van der Waals surface area contributed by atoms with Gasteiger partial charge in [0.2, 0.25) is 5.82 Å². The number of nitrogens with zero attached hydrogens (tertiary/aromatic N) is 3. The molecule has 0 saturated carbocycles. The third kappa shape index (κ3) is 3.31. The third-order valence-corrected chi connectivity index (χ3v) is 4.59. The molecule has 0 bridgehead atoms. The number of rotatable bonds is 4. The van der Waals surface area contributed by atoms with Gasteiger partial charge in [-0.25, -0.2) is 4.79 Å². The van der Waals surface area contributed by atoms with Crippen molar-refractivity contribution in [2.45, 2.75) is 19.9 Å². The summed E-state index contributed by atoms with van der Waals surface area (Å²) in [6, 6.07) is 13.2. The molecule has 136 valence electrons. The number of benzene rings is 2. The Balaban J connectivity index is 1.65. The van der Waals surface area contributed by atoms with Gasteiger partial charge in [0.1, 0.15) is 0 Å². The number of halogens is 1. The normalized spacial score (nSPS) is 11.9. The number of hydrogen-bond donors (Lipinski definition) is 1. The van der Waals surface area contributed by atoms with Crippen LogP contribution in [0.15, 0.2) is 51.8 Å². The number of aromatic nitrogens is 4. The Bertz CT molecular complexity index is 1200. The molecule has 0 aliphatic rings. The lowest BCUT2D eigenvalue weighted by Crippen LogP contribution is -2.18. The van der Waals surface area contributed by atoms with Crippen molar-refractivity contribution < 1.29 is 4.52 Å². The van der Waals surface area contributed by atoms with E-state index in [9.17, 15) is 4.79 Å². The molecule has 0 saturated heterocycles. The quantitative estimate of drug-likeness (QED) is 0.552. The van der Waals surface area contributed by atoms with Gasteiger partial charge in [-0.1, -0.05) is 35.0 Å². The van der Waals surface area contributed by atoms with Gasteiger partial charge >= 0.3 is 5.69 Å². The number of aromatic amines is 1. The van der Waals surface area contributed by atoms with E-state index in [1.54, 1.807) is 10.6 Å². The lowest BCUT2D eigenvalue weighted by atomic mass is 10.2. The van der Waals surface area contributed by atoms with Gasteiger partial charge in [-0.15, -0.1) is 0 Å². The minimum absolute atomic E-state index is 0.0730. The Morgan fingerprint density at radius 3 is 2.78 bits per heavy atom. The molecule has 6 nitrogen and oxygen atoms in total. The van der Waals surface area contributed by atoms with Gasteiger partial charge in [-0.2, -0.15) is 4.98 Å². The maximum Gasteiger partial charge on any atom is 0.326 e. The van der Waals surface area contributed by atoms with E-state index in [2.05, 4.69) is 15.1 Å². The lowest BCUT2D eigenvalue weighted by molar-refractivity contribution is 0.411. The first-order valence-corrected chi connectivity index (χ1v) is 8.91. The molecular weight excluding hydrogens is 364 g/mol. The topological polar surface area (TPSA) is 76.7 Å². The molecule has 0 aliphatic carbocycles. The number of H-pyrrole nitrogens is 1. The molecule has 2 aromatic heterocycles. The van der Waals surface area contributed by atoms with Crippen LogP contribution in [-0.2, 0) is 0 Å². The van der Waals surface area contributed by atoms with Crippen molar-refractivity contribution in [3.05, 3.63) is 69.4 Å². The average Bonchev–Trinajstić information content (AvgIpc) is 3.23. The molecule has 0 amide bonds. The summed E-state index contributed by atoms with van der Waals surface area (Å²) >= 11 is 6.14. The third-order valence-electron chi connectivity index (χ3n) is 4.24. The Labute approximate surface area is 160 Å². The highest BCUT2D eigenvalue weighted by atomic mass is 35.5. The van der Waals surface area contributed by atoms with Crippen molar-refractivity contribution in [1.82, 2.24) is 19.7 Å². The van der Waals surface area contributed by atoms with Crippen LogP contribution in [0, 0.1) is 0 Å². The maximum absolute atomic E-state index is 12.1. The van der Waals surface area contributed by atoms with E-state index in [-0.39, 0.29) is 11.7 Å². The van der Waals surface area contributed by atoms with E-state index in [1.165, 1.54) is 0 Å². The molecule has 0 radical (unpaired) electrons. The van der Waals surface area contributed by atoms with Gasteiger partial charge in [0, 0.05) is 22.7 Å². The highest BCUT2D eigenvalue weighted by molar-refractivity contribution is 6.32. The molecular formula is C20H17ClN4O2. The second kappa shape index (κ2) is 6.89. The van der Waals surface area contributed by atoms with Crippen LogP contribution in [0.4, 0.5) is 0 Å². The van der Waals surface area contributed by atoms with Gasteiger partial charge in [0.15, 0.2) is 0 Å². The Morgan fingerprint density at radius 1 is 1.19 bits per heavy atom. The second-order valence-corrected chi connectivity index (χ2v) is 6.84. The first kappa shape index (κ1) is 17.3. The molecule has 27 heavy (non-hydrogen) atoms. The fourth-order valence-corrected chi connectivity index (χ4v) is 3.17. The summed E-state index contributed by atoms with van der Waals surface area (Å²) in [7, 11) is 0. The molecule has 0 atom stereocenters. The Morgan fingerprint density at radius 2 is 2.00 bits per heavy atom. The van der Waals surface area contributed by atoms with Crippen LogP contribution in [0.1, 0.15) is 31.3 Å².